The van der Waals surface area contributed by atoms with Gasteiger partial charge >= 0.3 is 0 Å². The first kappa shape index (κ1) is 18.9. The zero-order valence-corrected chi connectivity index (χ0v) is 14.9. The van der Waals surface area contributed by atoms with E-state index in [4.69, 9.17) is 4.74 Å². The highest BCUT2D eigenvalue weighted by molar-refractivity contribution is 7.89. The monoisotopic (exact) mass is 366 g/mol. The lowest BCUT2D eigenvalue weighted by Crippen LogP contribution is -2.23. The number of hydrogen-bond acceptors (Lipinski definition) is 4. The smallest absolute Gasteiger partial charge is 0.258 e. The molecular weight excluding hydrogens is 347 g/mol. The quantitative estimate of drug-likeness (QED) is 0.853. The maximum Gasteiger partial charge on any atom is 0.258 e. The molecule has 134 valence electrons. The number of anilines is 1. The number of carbonyl (C=O) groups excluding carboxylic acids is 1. The highest BCUT2D eigenvalue weighted by Crippen LogP contribution is 2.20. The van der Waals surface area contributed by atoms with Gasteiger partial charge in [0.1, 0.15) is 11.6 Å². The Morgan fingerprint density at radius 1 is 1.16 bits per heavy atom. The SMILES string of the molecule is CCOc1ccc(NC(=O)c2cc(S(=O)(=O)N(C)C)ccc2F)cc1. The number of nitrogens with one attached hydrogen (secondary N) is 1. The number of benzene rings is 2. The van der Waals surface area contributed by atoms with Crippen molar-refractivity contribution in [3.8, 4) is 5.75 Å². The minimum atomic E-state index is -3.76. The average Bonchev–Trinajstić information content (AvgIpc) is 2.56. The summed E-state index contributed by atoms with van der Waals surface area (Å²) in [5.41, 5.74) is 0.0885. The minimum Gasteiger partial charge on any atom is -0.494 e. The fourth-order valence-electron chi connectivity index (χ4n) is 2.05. The number of halogens is 1. The predicted molar refractivity (Wildman–Crippen MR) is 92.8 cm³/mol. The van der Waals surface area contributed by atoms with Gasteiger partial charge < -0.3 is 10.1 Å². The molecule has 1 amide bonds. The van der Waals surface area contributed by atoms with Gasteiger partial charge in [-0.3, -0.25) is 4.79 Å². The largest absolute Gasteiger partial charge is 0.494 e. The molecule has 0 spiro atoms. The molecule has 0 radical (unpaired) electrons. The van der Waals surface area contributed by atoms with E-state index in [1.807, 2.05) is 6.92 Å². The van der Waals surface area contributed by atoms with Crippen molar-refractivity contribution in [3.05, 3.63) is 53.8 Å². The second-order valence-electron chi connectivity index (χ2n) is 5.34. The van der Waals surface area contributed by atoms with E-state index in [0.717, 1.165) is 22.5 Å². The fourth-order valence-corrected chi connectivity index (χ4v) is 2.98. The lowest BCUT2D eigenvalue weighted by atomic mass is 10.2. The molecule has 0 fully saturated rings. The molecule has 1 N–H and O–H groups in total. The van der Waals surface area contributed by atoms with E-state index >= 15 is 0 Å². The third-order valence-electron chi connectivity index (χ3n) is 3.38. The Balaban J connectivity index is 2.27. The first-order chi connectivity index (χ1) is 11.8. The zero-order chi connectivity index (χ0) is 18.6. The number of sulfonamides is 1. The molecule has 0 aliphatic rings. The minimum absolute atomic E-state index is 0.157. The molecule has 2 aromatic rings. The van der Waals surface area contributed by atoms with E-state index in [-0.39, 0.29) is 10.5 Å². The second kappa shape index (κ2) is 7.62. The number of nitrogens with zero attached hydrogens (tertiary/aromatic N) is 1. The predicted octanol–water partition coefficient (Wildman–Crippen LogP) is 2.73. The summed E-state index contributed by atoms with van der Waals surface area (Å²) in [6, 6.07) is 9.67. The lowest BCUT2D eigenvalue weighted by molar-refractivity contribution is 0.102. The van der Waals surface area contributed by atoms with Gasteiger partial charge in [0.2, 0.25) is 10.0 Å². The van der Waals surface area contributed by atoms with E-state index in [9.17, 15) is 17.6 Å². The molecule has 0 aromatic heterocycles. The van der Waals surface area contributed by atoms with Crippen molar-refractivity contribution < 1.29 is 22.3 Å². The molecule has 2 aromatic carbocycles. The summed E-state index contributed by atoms with van der Waals surface area (Å²) in [6.07, 6.45) is 0. The van der Waals surface area contributed by atoms with Crippen molar-refractivity contribution in [3.63, 3.8) is 0 Å². The van der Waals surface area contributed by atoms with Crippen molar-refractivity contribution in [2.45, 2.75) is 11.8 Å². The molecule has 0 saturated carbocycles. The highest BCUT2D eigenvalue weighted by atomic mass is 32.2. The van der Waals surface area contributed by atoms with Crippen LogP contribution in [0.2, 0.25) is 0 Å². The topological polar surface area (TPSA) is 75.7 Å². The Bertz CT molecular complexity index is 865. The van der Waals surface area contributed by atoms with E-state index in [1.165, 1.54) is 14.1 Å². The van der Waals surface area contributed by atoms with Crippen LogP contribution in [-0.2, 0) is 10.0 Å². The van der Waals surface area contributed by atoms with Crippen LogP contribution >= 0.6 is 0 Å². The van der Waals surface area contributed by atoms with Crippen molar-refractivity contribution >= 4 is 21.6 Å². The summed E-state index contributed by atoms with van der Waals surface area (Å²) in [4.78, 5) is 12.1. The molecule has 0 atom stereocenters. The van der Waals surface area contributed by atoms with Gasteiger partial charge in [0, 0.05) is 19.8 Å². The van der Waals surface area contributed by atoms with E-state index < -0.39 is 21.7 Å². The average molecular weight is 366 g/mol. The molecule has 0 unspecified atom stereocenters. The molecule has 8 heteroatoms. The molecule has 0 bridgehead atoms. The molecule has 0 saturated heterocycles. The van der Waals surface area contributed by atoms with Gasteiger partial charge in [0.05, 0.1) is 17.1 Å². The van der Waals surface area contributed by atoms with Crippen molar-refractivity contribution in [2.24, 2.45) is 0 Å². The summed E-state index contributed by atoms with van der Waals surface area (Å²) < 4.78 is 44.5. The second-order valence-corrected chi connectivity index (χ2v) is 7.49. The standard InChI is InChI=1S/C17H19FN2O4S/c1-4-24-13-7-5-12(6-8-13)19-17(21)15-11-14(9-10-16(15)18)25(22,23)20(2)3/h5-11H,4H2,1-3H3,(H,19,21). The number of rotatable bonds is 6. The molecular formula is C17H19FN2O4S. The molecule has 2 rings (SSSR count). The molecule has 0 heterocycles. The Hall–Kier alpha value is -2.45. The van der Waals surface area contributed by atoms with Gasteiger partial charge in [0.25, 0.3) is 5.91 Å². The zero-order valence-electron chi connectivity index (χ0n) is 14.1. The molecule has 25 heavy (non-hydrogen) atoms. The van der Waals surface area contributed by atoms with Crippen molar-refractivity contribution in [1.82, 2.24) is 4.31 Å². The normalized spacial score (nSPS) is 11.4. The summed E-state index contributed by atoms with van der Waals surface area (Å²) in [7, 11) is -1.05. The van der Waals surface area contributed by atoms with Crippen LogP contribution in [0.1, 0.15) is 17.3 Å². The number of carbonyl (C=O) groups is 1. The third-order valence-corrected chi connectivity index (χ3v) is 5.20. The Kier molecular flexibility index (Phi) is 5.76. The maximum atomic E-state index is 14.0. The van der Waals surface area contributed by atoms with Crippen LogP contribution in [0, 0.1) is 5.82 Å². The van der Waals surface area contributed by atoms with Crippen LogP contribution in [0.4, 0.5) is 10.1 Å². The maximum absolute atomic E-state index is 14.0. The van der Waals surface area contributed by atoms with Crippen LogP contribution in [0.3, 0.4) is 0 Å². The first-order valence-electron chi connectivity index (χ1n) is 7.52. The van der Waals surface area contributed by atoms with Crippen LogP contribution in [-0.4, -0.2) is 39.3 Å². The van der Waals surface area contributed by atoms with E-state index in [0.29, 0.717) is 18.0 Å². The number of hydrogen-bond donors (Lipinski definition) is 1. The summed E-state index contributed by atoms with van der Waals surface area (Å²) in [5, 5.41) is 2.53. The highest BCUT2D eigenvalue weighted by Gasteiger charge is 2.21. The molecule has 0 aliphatic carbocycles. The van der Waals surface area contributed by atoms with Crippen LogP contribution < -0.4 is 10.1 Å². The van der Waals surface area contributed by atoms with Gasteiger partial charge in [-0.25, -0.2) is 17.1 Å². The van der Waals surface area contributed by atoms with Crippen LogP contribution in [0.15, 0.2) is 47.4 Å². The molecule has 6 nitrogen and oxygen atoms in total. The Labute approximate surface area is 146 Å². The van der Waals surface area contributed by atoms with E-state index in [2.05, 4.69) is 5.32 Å². The van der Waals surface area contributed by atoms with Gasteiger partial charge in [-0.05, 0) is 49.4 Å². The lowest BCUT2D eigenvalue weighted by Gasteiger charge is -2.13. The summed E-state index contributed by atoms with van der Waals surface area (Å²) in [5.74, 6) is -0.899. The Morgan fingerprint density at radius 3 is 2.36 bits per heavy atom. The number of ether oxygens (including phenoxy) is 1. The Morgan fingerprint density at radius 2 is 1.80 bits per heavy atom. The molecule has 0 aliphatic heterocycles. The van der Waals surface area contributed by atoms with Crippen molar-refractivity contribution in [1.29, 1.82) is 0 Å². The summed E-state index contributed by atoms with van der Waals surface area (Å²) >= 11 is 0. The van der Waals surface area contributed by atoms with E-state index in [1.54, 1.807) is 24.3 Å². The summed E-state index contributed by atoms with van der Waals surface area (Å²) in [6.45, 7) is 2.37. The van der Waals surface area contributed by atoms with Gasteiger partial charge in [0.15, 0.2) is 0 Å². The first-order valence-corrected chi connectivity index (χ1v) is 8.96. The number of amides is 1. The third kappa shape index (κ3) is 4.34. The fraction of sp³-hybridized carbons (Fsp3) is 0.235. The van der Waals surface area contributed by atoms with Crippen LogP contribution in [0.25, 0.3) is 0 Å². The van der Waals surface area contributed by atoms with Crippen molar-refractivity contribution in [2.75, 3.05) is 26.0 Å². The van der Waals surface area contributed by atoms with Crippen LogP contribution in [0.5, 0.6) is 5.75 Å². The van der Waals surface area contributed by atoms with Gasteiger partial charge in [-0.15, -0.1) is 0 Å². The van der Waals surface area contributed by atoms with Gasteiger partial charge in [-0.2, -0.15) is 0 Å². The van der Waals surface area contributed by atoms with Gasteiger partial charge in [-0.1, -0.05) is 0 Å².